The van der Waals surface area contributed by atoms with Crippen molar-refractivity contribution in [1.29, 1.82) is 0 Å². The maximum Gasteiger partial charge on any atom is 0.237 e. The van der Waals surface area contributed by atoms with Crippen LogP contribution in [0.5, 0.6) is 5.88 Å². The third-order valence-corrected chi connectivity index (χ3v) is 4.30. The minimum Gasteiger partial charge on any atom is -0.480 e. The summed E-state index contributed by atoms with van der Waals surface area (Å²) in [6, 6.07) is 13.9. The van der Waals surface area contributed by atoms with E-state index in [4.69, 9.17) is 4.74 Å². The molecule has 0 atom stereocenters. The zero-order valence-electron chi connectivity index (χ0n) is 15.5. The molecule has 0 saturated carbocycles. The van der Waals surface area contributed by atoms with Gasteiger partial charge < -0.3 is 15.0 Å². The van der Waals surface area contributed by atoms with Crippen LogP contribution < -0.4 is 15.0 Å². The van der Waals surface area contributed by atoms with E-state index in [2.05, 4.69) is 20.4 Å². The number of imidazole rings is 1. The van der Waals surface area contributed by atoms with E-state index in [1.165, 1.54) is 12.1 Å². The first-order valence-corrected chi connectivity index (χ1v) is 8.70. The molecule has 0 unspecified atom stereocenters. The van der Waals surface area contributed by atoms with Gasteiger partial charge in [0.2, 0.25) is 5.88 Å². The van der Waals surface area contributed by atoms with Gasteiger partial charge in [-0.05, 0) is 42.0 Å². The Morgan fingerprint density at radius 3 is 2.71 bits per heavy atom. The number of hydrogen-bond acceptors (Lipinski definition) is 6. The van der Waals surface area contributed by atoms with Crippen LogP contribution in [0, 0.1) is 5.82 Å². The molecule has 0 aliphatic rings. The standard InChI is InChI=1S/C20H19FN6O/c1-26(13-14-5-7-15(21)8-6-14)18-10-9-17-23-12-19(27(17)25-18)24-16-4-3-11-22-20(16)28-2/h3-12,24H,13H2,1-2H3. The van der Waals surface area contributed by atoms with Crippen LogP contribution in [0.4, 0.5) is 21.7 Å². The molecule has 0 aliphatic heterocycles. The van der Waals surface area contributed by atoms with Gasteiger partial charge in [0.05, 0.1) is 13.3 Å². The molecule has 142 valence electrons. The molecule has 0 aliphatic carbocycles. The van der Waals surface area contributed by atoms with E-state index in [0.29, 0.717) is 23.9 Å². The van der Waals surface area contributed by atoms with Crippen molar-refractivity contribution in [2.24, 2.45) is 0 Å². The number of nitrogens with zero attached hydrogens (tertiary/aromatic N) is 5. The van der Waals surface area contributed by atoms with Gasteiger partial charge in [0.15, 0.2) is 11.5 Å². The van der Waals surface area contributed by atoms with Crippen molar-refractivity contribution in [3.8, 4) is 5.88 Å². The quantitative estimate of drug-likeness (QED) is 0.552. The maximum absolute atomic E-state index is 13.1. The van der Waals surface area contributed by atoms with Gasteiger partial charge in [0.25, 0.3) is 0 Å². The van der Waals surface area contributed by atoms with Crippen LogP contribution in [0.25, 0.3) is 5.65 Å². The summed E-state index contributed by atoms with van der Waals surface area (Å²) >= 11 is 0. The number of benzene rings is 1. The zero-order valence-corrected chi connectivity index (χ0v) is 15.5. The van der Waals surface area contributed by atoms with Gasteiger partial charge in [0, 0.05) is 19.8 Å². The van der Waals surface area contributed by atoms with Crippen LogP contribution in [0.2, 0.25) is 0 Å². The molecule has 28 heavy (non-hydrogen) atoms. The summed E-state index contributed by atoms with van der Waals surface area (Å²) in [6.45, 7) is 0.604. The van der Waals surface area contributed by atoms with Crippen molar-refractivity contribution in [2.45, 2.75) is 6.54 Å². The Morgan fingerprint density at radius 2 is 1.93 bits per heavy atom. The Kier molecular flexibility index (Phi) is 4.76. The second-order valence-electron chi connectivity index (χ2n) is 6.27. The maximum atomic E-state index is 13.1. The fourth-order valence-corrected chi connectivity index (χ4v) is 2.88. The van der Waals surface area contributed by atoms with Gasteiger partial charge >= 0.3 is 0 Å². The predicted molar refractivity (Wildman–Crippen MR) is 106 cm³/mol. The molecule has 0 fully saturated rings. The van der Waals surface area contributed by atoms with Crippen LogP contribution >= 0.6 is 0 Å². The van der Waals surface area contributed by atoms with E-state index in [0.717, 1.165) is 17.1 Å². The molecular weight excluding hydrogens is 359 g/mol. The Bertz CT molecular complexity index is 1100. The number of rotatable bonds is 6. The second kappa shape index (κ2) is 7.51. The number of methoxy groups -OCH3 is 1. The fraction of sp³-hybridized carbons (Fsp3) is 0.150. The lowest BCUT2D eigenvalue weighted by Gasteiger charge is -2.18. The molecule has 4 rings (SSSR count). The SMILES string of the molecule is COc1ncccc1Nc1cnc2ccc(N(C)Cc3ccc(F)cc3)nn12. The van der Waals surface area contributed by atoms with Crippen molar-refractivity contribution in [3.05, 3.63) is 72.3 Å². The van der Waals surface area contributed by atoms with Gasteiger partial charge in [-0.1, -0.05) is 12.1 Å². The van der Waals surface area contributed by atoms with Crippen molar-refractivity contribution >= 4 is 23.0 Å². The molecule has 1 aromatic carbocycles. The molecule has 3 aromatic heterocycles. The highest BCUT2D eigenvalue weighted by atomic mass is 19.1. The summed E-state index contributed by atoms with van der Waals surface area (Å²) < 4.78 is 20.1. The van der Waals surface area contributed by atoms with Crippen molar-refractivity contribution in [1.82, 2.24) is 19.6 Å². The van der Waals surface area contributed by atoms with Crippen LogP contribution in [0.15, 0.2) is 60.9 Å². The van der Waals surface area contributed by atoms with Crippen molar-refractivity contribution < 1.29 is 9.13 Å². The Labute approximate surface area is 161 Å². The fourth-order valence-electron chi connectivity index (χ4n) is 2.88. The Hall–Kier alpha value is -3.68. The highest BCUT2D eigenvalue weighted by Crippen LogP contribution is 2.25. The molecule has 7 nitrogen and oxygen atoms in total. The van der Waals surface area contributed by atoms with E-state index in [-0.39, 0.29) is 5.82 Å². The minimum atomic E-state index is -0.245. The van der Waals surface area contributed by atoms with Crippen LogP contribution in [0.1, 0.15) is 5.56 Å². The summed E-state index contributed by atoms with van der Waals surface area (Å²) in [7, 11) is 3.51. The Morgan fingerprint density at radius 1 is 1.11 bits per heavy atom. The molecule has 4 aromatic rings. The molecule has 3 heterocycles. The van der Waals surface area contributed by atoms with Crippen molar-refractivity contribution in [3.63, 3.8) is 0 Å². The highest BCUT2D eigenvalue weighted by Gasteiger charge is 2.11. The van der Waals surface area contributed by atoms with Gasteiger partial charge in [0.1, 0.15) is 17.3 Å². The number of halogens is 1. The van der Waals surface area contributed by atoms with E-state index < -0.39 is 0 Å². The first-order valence-electron chi connectivity index (χ1n) is 8.70. The van der Waals surface area contributed by atoms with E-state index >= 15 is 0 Å². The van der Waals surface area contributed by atoms with Crippen molar-refractivity contribution in [2.75, 3.05) is 24.4 Å². The normalized spacial score (nSPS) is 10.8. The number of anilines is 3. The first-order chi connectivity index (χ1) is 13.6. The molecule has 0 saturated heterocycles. The van der Waals surface area contributed by atoms with Gasteiger partial charge in [-0.3, -0.25) is 0 Å². The Balaban J connectivity index is 1.61. The summed E-state index contributed by atoms with van der Waals surface area (Å²) in [5, 5.41) is 7.94. The minimum absolute atomic E-state index is 0.245. The molecule has 0 spiro atoms. The molecule has 8 heteroatoms. The summed E-state index contributed by atoms with van der Waals surface area (Å²) in [6.07, 6.45) is 3.37. The summed E-state index contributed by atoms with van der Waals surface area (Å²) in [5.74, 6) is 1.70. The first kappa shape index (κ1) is 17.7. The lowest BCUT2D eigenvalue weighted by molar-refractivity contribution is 0.400. The molecule has 1 N–H and O–H groups in total. The number of ether oxygens (including phenoxy) is 1. The summed E-state index contributed by atoms with van der Waals surface area (Å²) in [5.41, 5.74) is 2.43. The number of nitrogens with one attached hydrogen (secondary N) is 1. The predicted octanol–water partition coefficient (Wildman–Crippen LogP) is 3.65. The number of fused-ring (bicyclic) bond motifs is 1. The van der Waals surface area contributed by atoms with E-state index in [1.54, 1.807) is 36.2 Å². The number of hydrogen-bond donors (Lipinski definition) is 1. The largest absolute Gasteiger partial charge is 0.480 e. The average molecular weight is 378 g/mol. The lowest BCUT2D eigenvalue weighted by Crippen LogP contribution is -2.18. The van der Waals surface area contributed by atoms with E-state index in [9.17, 15) is 4.39 Å². The number of pyridine rings is 1. The van der Waals surface area contributed by atoms with Gasteiger partial charge in [-0.2, -0.15) is 4.52 Å². The van der Waals surface area contributed by atoms with Crippen LogP contribution in [-0.2, 0) is 6.54 Å². The zero-order chi connectivity index (χ0) is 19.5. The summed E-state index contributed by atoms with van der Waals surface area (Å²) in [4.78, 5) is 10.6. The monoisotopic (exact) mass is 378 g/mol. The number of aromatic nitrogens is 4. The van der Waals surface area contributed by atoms with Crippen LogP contribution in [-0.4, -0.2) is 33.7 Å². The molecule has 0 bridgehead atoms. The third kappa shape index (κ3) is 3.57. The lowest BCUT2D eigenvalue weighted by atomic mass is 10.2. The smallest absolute Gasteiger partial charge is 0.237 e. The highest BCUT2D eigenvalue weighted by molar-refractivity contribution is 5.64. The topological polar surface area (TPSA) is 67.6 Å². The molecule has 0 radical (unpaired) electrons. The average Bonchev–Trinajstić information content (AvgIpc) is 3.12. The van der Waals surface area contributed by atoms with Gasteiger partial charge in [-0.15, -0.1) is 5.10 Å². The van der Waals surface area contributed by atoms with Crippen LogP contribution in [0.3, 0.4) is 0 Å². The van der Waals surface area contributed by atoms with E-state index in [1.807, 2.05) is 36.2 Å². The molecule has 0 amide bonds. The third-order valence-electron chi connectivity index (χ3n) is 4.30. The van der Waals surface area contributed by atoms with Gasteiger partial charge in [-0.25, -0.2) is 14.4 Å². The second-order valence-corrected chi connectivity index (χ2v) is 6.27. The molecular formula is C20H19FN6O.